The highest BCUT2D eigenvalue weighted by Crippen LogP contribution is 2.23. The summed E-state index contributed by atoms with van der Waals surface area (Å²) in [6, 6.07) is 14.1. The normalized spacial score (nSPS) is 14.3. The van der Waals surface area contributed by atoms with Gasteiger partial charge in [-0.3, -0.25) is 4.79 Å². The van der Waals surface area contributed by atoms with E-state index in [0.717, 1.165) is 37.5 Å². The van der Waals surface area contributed by atoms with Gasteiger partial charge in [-0.25, -0.2) is 0 Å². The molecule has 0 N–H and O–H groups in total. The minimum Gasteiger partial charge on any atom is -0.497 e. The molecular weight excluding hydrogens is 340 g/mol. The summed E-state index contributed by atoms with van der Waals surface area (Å²) in [4.78, 5) is 16.7. The molecule has 0 saturated carbocycles. The first-order chi connectivity index (χ1) is 13.1. The standard InChI is InChI=1S/C22H28N2O3/c1-17-6-4-9-21(18(17)2)23-10-12-24(13-11-23)22(25)16-27-15-19-7-5-8-20(14-19)26-3/h4-9,14H,10-13,15-16H2,1-3H3. The van der Waals surface area contributed by atoms with Crippen molar-refractivity contribution in [3.05, 3.63) is 59.2 Å². The summed E-state index contributed by atoms with van der Waals surface area (Å²) in [5.74, 6) is 0.850. The van der Waals surface area contributed by atoms with E-state index < -0.39 is 0 Å². The number of benzene rings is 2. The third kappa shape index (κ3) is 4.80. The molecule has 27 heavy (non-hydrogen) atoms. The molecule has 0 aliphatic carbocycles. The van der Waals surface area contributed by atoms with E-state index in [-0.39, 0.29) is 12.5 Å². The first-order valence-electron chi connectivity index (χ1n) is 9.38. The van der Waals surface area contributed by atoms with Crippen molar-refractivity contribution in [1.82, 2.24) is 4.90 Å². The third-order valence-electron chi connectivity index (χ3n) is 5.18. The van der Waals surface area contributed by atoms with Crippen molar-refractivity contribution in [1.29, 1.82) is 0 Å². The molecular formula is C22H28N2O3. The monoisotopic (exact) mass is 368 g/mol. The smallest absolute Gasteiger partial charge is 0.248 e. The zero-order valence-electron chi connectivity index (χ0n) is 16.4. The summed E-state index contributed by atoms with van der Waals surface area (Å²) < 4.78 is 10.8. The molecule has 0 atom stereocenters. The number of hydrogen-bond donors (Lipinski definition) is 0. The maximum atomic E-state index is 12.4. The zero-order valence-corrected chi connectivity index (χ0v) is 16.4. The number of piperazine rings is 1. The van der Waals surface area contributed by atoms with E-state index in [1.54, 1.807) is 7.11 Å². The van der Waals surface area contributed by atoms with Gasteiger partial charge in [0.05, 0.1) is 13.7 Å². The molecule has 1 fully saturated rings. The van der Waals surface area contributed by atoms with Crippen molar-refractivity contribution >= 4 is 11.6 Å². The van der Waals surface area contributed by atoms with Gasteiger partial charge in [0.25, 0.3) is 0 Å². The van der Waals surface area contributed by atoms with Crippen molar-refractivity contribution in [3.63, 3.8) is 0 Å². The third-order valence-corrected chi connectivity index (χ3v) is 5.18. The van der Waals surface area contributed by atoms with Crippen LogP contribution in [0.5, 0.6) is 5.75 Å². The number of methoxy groups -OCH3 is 1. The van der Waals surface area contributed by atoms with E-state index in [1.165, 1.54) is 16.8 Å². The molecule has 5 nitrogen and oxygen atoms in total. The fourth-order valence-corrected chi connectivity index (χ4v) is 3.38. The molecule has 0 spiro atoms. The van der Waals surface area contributed by atoms with Crippen LogP contribution in [0.15, 0.2) is 42.5 Å². The van der Waals surface area contributed by atoms with E-state index in [9.17, 15) is 4.79 Å². The van der Waals surface area contributed by atoms with Crippen LogP contribution in [-0.4, -0.2) is 50.7 Å². The number of anilines is 1. The molecule has 1 amide bonds. The number of amides is 1. The second-order valence-corrected chi connectivity index (χ2v) is 6.93. The lowest BCUT2D eigenvalue weighted by Crippen LogP contribution is -2.50. The molecule has 0 bridgehead atoms. The molecule has 144 valence electrons. The van der Waals surface area contributed by atoms with Gasteiger partial charge in [0.1, 0.15) is 12.4 Å². The second kappa shape index (κ2) is 8.91. The molecule has 1 aliphatic heterocycles. The van der Waals surface area contributed by atoms with Gasteiger partial charge in [-0.1, -0.05) is 24.3 Å². The quantitative estimate of drug-likeness (QED) is 0.785. The average molecular weight is 368 g/mol. The number of rotatable bonds is 6. The average Bonchev–Trinajstić information content (AvgIpc) is 2.70. The lowest BCUT2D eigenvalue weighted by Gasteiger charge is -2.37. The van der Waals surface area contributed by atoms with Crippen molar-refractivity contribution in [2.24, 2.45) is 0 Å². The van der Waals surface area contributed by atoms with Crippen LogP contribution in [0.25, 0.3) is 0 Å². The van der Waals surface area contributed by atoms with Gasteiger partial charge in [-0.15, -0.1) is 0 Å². The first-order valence-corrected chi connectivity index (χ1v) is 9.38. The Morgan fingerprint density at radius 1 is 1.04 bits per heavy atom. The van der Waals surface area contributed by atoms with E-state index >= 15 is 0 Å². The van der Waals surface area contributed by atoms with Crippen LogP contribution in [0, 0.1) is 13.8 Å². The van der Waals surface area contributed by atoms with Gasteiger partial charge in [0.15, 0.2) is 0 Å². The number of aryl methyl sites for hydroxylation is 1. The van der Waals surface area contributed by atoms with Crippen molar-refractivity contribution in [2.75, 3.05) is 44.8 Å². The second-order valence-electron chi connectivity index (χ2n) is 6.93. The van der Waals surface area contributed by atoms with Gasteiger partial charge in [0.2, 0.25) is 5.91 Å². The summed E-state index contributed by atoms with van der Waals surface area (Å²) >= 11 is 0. The van der Waals surface area contributed by atoms with Crippen LogP contribution in [0.4, 0.5) is 5.69 Å². The fourth-order valence-electron chi connectivity index (χ4n) is 3.38. The first kappa shape index (κ1) is 19.2. The van der Waals surface area contributed by atoms with Crippen LogP contribution in [0.3, 0.4) is 0 Å². The Labute approximate surface area is 161 Å². The Balaban J connectivity index is 1.46. The van der Waals surface area contributed by atoms with E-state index in [1.807, 2.05) is 29.2 Å². The molecule has 1 heterocycles. The largest absolute Gasteiger partial charge is 0.497 e. The molecule has 3 rings (SSSR count). The summed E-state index contributed by atoms with van der Waals surface area (Å²) in [5, 5.41) is 0. The van der Waals surface area contributed by atoms with Crippen molar-refractivity contribution in [3.8, 4) is 5.75 Å². The van der Waals surface area contributed by atoms with Crippen molar-refractivity contribution in [2.45, 2.75) is 20.5 Å². The molecule has 5 heteroatoms. The maximum Gasteiger partial charge on any atom is 0.248 e. The lowest BCUT2D eigenvalue weighted by molar-refractivity contribution is -0.136. The SMILES string of the molecule is COc1cccc(COCC(=O)N2CCN(c3cccc(C)c3C)CC2)c1. The number of ether oxygens (including phenoxy) is 2. The Bertz CT molecular complexity index is 783. The van der Waals surface area contributed by atoms with Crippen LogP contribution >= 0.6 is 0 Å². The molecule has 1 aliphatic rings. The van der Waals surface area contributed by atoms with Gasteiger partial charge in [-0.05, 0) is 48.7 Å². The van der Waals surface area contributed by atoms with E-state index in [2.05, 4.69) is 36.9 Å². The molecule has 0 aromatic heterocycles. The molecule has 2 aromatic rings. The summed E-state index contributed by atoms with van der Waals surface area (Å²) in [6.07, 6.45) is 0. The van der Waals surface area contributed by atoms with E-state index in [4.69, 9.17) is 9.47 Å². The van der Waals surface area contributed by atoms with Crippen LogP contribution in [0.2, 0.25) is 0 Å². The zero-order chi connectivity index (χ0) is 19.2. The minimum absolute atomic E-state index is 0.0542. The van der Waals surface area contributed by atoms with Gasteiger partial charge in [0, 0.05) is 31.9 Å². The highest BCUT2D eigenvalue weighted by Gasteiger charge is 2.22. The Morgan fingerprint density at radius 3 is 2.52 bits per heavy atom. The molecule has 0 unspecified atom stereocenters. The highest BCUT2D eigenvalue weighted by atomic mass is 16.5. The molecule has 1 saturated heterocycles. The van der Waals surface area contributed by atoms with Crippen molar-refractivity contribution < 1.29 is 14.3 Å². The number of nitrogens with zero attached hydrogens (tertiary/aromatic N) is 2. The molecule has 2 aromatic carbocycles. The number of hydrogen-bond acceptors (Lipinski definition) is 4. The summed E-state index contributed by atoms with van der Waals surface area (Å²) in [7, 11) is 1.64. The topological polar surface area (TPSA) is 42.0 Å². The lowest BCUT2D eigenvalue weighted by atomic mass is 10.1. The molecule has 0 radical (unpaired) electrons. The Morgan fingerprint density at radius 2 is 1.78 bits per heavy atom. The summed E-state index contributed by atoms with van der Waals surface area (Å²) in [5.41, 5.74) is 4.90. The van der Waals surface area contributed by atoms with Gasteiger partial charge < -0.3 is 19.3 Å². The van der Waals surface area contributed by atoms with Crippen LogP contribution < -0.4 is 9.64 Å². The van der Waals surface area contributed by atoms with Gasteiger partial charge in [-0.2, -0.15) is 0 Å². The minimum atomic E-state index is 0.0542. The Hall–Kier alpha value is -2.53. The number of carbonyl (C=O) groups excluding carboxylic acids is 1. The van der Waals surface area contributed by atoms with Gasteiger partial charge >= 0.3 is 0 Å². The predicted octanol–water partition coefficient (Wildman–Crippen LogP) is 3.18. The van der Waals surface area contributed by atoms with Crippen LogP contribution in [0.1, 0.15) is 16.7 Å². The number of carbonyl (C=O) groups is 1. The predicted molar refractivity (Wildman–Crippen MR) is 107 cm³/mol. The van der Waals surface area contributed by atoms with E-state index in [0.29, 0.717) is 6.61 Å². The highest BCUT2D eigenvalue weighted by molar-refractivity contribution is 5.77. The Kier molecular flexibility index (Phi) is 6.35. The fraction of sp³-hybridized carbons (Fsp3) is 0.409. The van der Waals surface area contributed by atoms with Crippen LogP contribution in [-0.2, 0) is 16.1 Å². The maximum absolute atomic E-state index is 12.4. The summed E-state index contributed by atoms with van der Waals surface area (Å²) in [6.45, 7) is 7.99.